The van der Waals surface area contributed by atoms with E-state index in [0.717, 1.165) is 35.7 Å². The molecule has 1 N–H and O–H groups in total. The first-order valence-electron chi connectivity index (χ1n) is 5.80. The summed E-state index contributed by atoms with van der Waals surface area (Å²) in [5, 5.41) is 3.88. The summed E-state index contributed by atoms with van der Waals surface area (Å²) in [6.07, 6.45) is 4.18. The van der Waals surface area contributed by atoms with Crippen LogP contribution < -0.4 is 10.1 Å². The van der Waals surface area contributed by atoms with Gasteiger partial charge in [-0.25, -0.2) is 0 Å². The highest BCUT2D eigenvalue weighted by Gasteiger charge is 2.04. The van der Waals surface area contributed by atoms with Crippen LogP contribution in [0.5, 0.6) is 5.75 Å². The van der Waals surface area contributed by atoms with E-state index < -0.39 is 0 Å². The van der Waals surface area contributed by atoms with Crippen LogP contribution in [0, 0.1) is 0 Å². The largest absolute Gasteiger partial charge is 0.496 e. The number of nitrogens with one attached hydrogen (secondary N) is 1. The van der Waals surface area contributed by atoms with Crippen molar-refractivity contribution in [1.29, 1.82) is 0 Å². The van der Waals surface area contributed by atoms with E-state index in [1.54, 1.807) is 7.11 Å². The van der Waals surface area contributed by atoms with Crippen LogP contribution in [0.4, 0.5) is 0 Å². The monoisotopic (exact) mass is 253 g/mol. The summed E-state index contributed by atoms with van der Waals surface area (Å²) < 4.78 is 5.33. The molecule has 2 nitrogen and oxygen atoms in total. The first-order chi connectivity index (χ1) is 8.17. The van der Waals surface area contributed by atoms with Gasteiger partial charge in [-0.05, 0) is 57.1 Å². The standard InChI is InChI=1S/C14H20ClNO/c1-11(5-4-8-16-2)9-12-10-13(15)6-7-14(12)17-3/h5-7,10,16H,4,8-9H2,1-3H3. The quantitative estimate of drug-likeness (QED) is 0.619. The third-order valence-electron chi connectivity index (χ3n) is 2.60. The molecule has 94 valence electrons. The molecule has 0 aromatic heterocycles. The summed E-state index contributed by atoms with van der Waals surface area (Å²) in [7, 11) is 3.65. The van der Waals surface area contributed by atoms with Crippen LogP contribution in [-0.2, 0) is 6.42 Å². The Morgan fingerprint density at radius 1 is 1.47 bits per heavy atom. The number of hydrogen-bond acceptors (Lipinski definition) is 2. The van der Waals surface area contributed by atoms with E-state index in [2.05, 4.69) is 18.3 Å². The number of allylic oxidation sites excluding steroid dienone is 1. The van der Waals surface area contributed by atoms with Crippen LogP contribution in [0.2, 0.25) is 5.02 Å². The molecule has 0 fully saturated rings. The van der Waals surface area contributed by atoms with Crippen molar-refractivity contribution in [3.05, 3.63) is 40.4 Å². The van der Waals surface area contributed by atoms with Gasteiger partial charge in [-0.2, -0.15) is 0 Å². The maximum Gasteiger partial charge on any atom is 0.122 e. The Morgan fingerprint density at radius 2 is 2.24 bits per heavy atom. The first-order valence-corrected chi connectivity index (χ1v) is 6.17. The van der Waals surface area contributed by atoms with Gasteiger partial charge in [0.05, 0.1) is 7.11 Å². The molecule has 0 aliphatic rings. The molecule has 0 unspecified atom stereocenters. The maximum absolute atomic E-state index is 6.00. The predicted molar refractivity (Wildman–Crippen MR) is 74.0 cm³/mol. The van der Waals surface area contributed by atoms with Crippen LogP contribution in [0.25, 0.3) is 0 Å². The Labute approximate surface area is 109 Å². The lowest BCUT2D eigenvalue weighted by Crippen LogP contribution is -2.06. The molecule has 1 rings (SSSR count). The third kappa shape index (κ3) is 4.80. The van der Waals surface area contributed by atoms with E-state index >= 15 is 0 Å². The minimum Gasteiger partial charge on any atom is -0.496 e. The molecular formula is C14H20ClNO. The molecule has 0 aliphatic heterocycles. The highest BCUT2D eigenvalue weighted by atomic mass is 35.5. The molecule has 17 heavy (non-hydrogen) atoms. The second kappa shape index (κ2) is 7.36. The van der Waals surface area contributed by atoms with Gasteiger partial charge >= 0.3 is 0 Å². The van der Waals surface area contributed by atoms with Gasteiger partial charge in [-0.1, -0.05) is 23.3 Å². The summed E-state index contributed by atoms with van der Waals surface area (Å²) in [5.74, 6) is 0.899. The van der Waals surface area contributed by atoms with Gasteiger partial charge < -0.3 is 10.1 Å². The number of ether oxygens (including phenoxy) is 1. The normalized spacial score (nSPS) is 11.6. The lowest BCUT2D eigenvalue weighted by atomic mass is 10.0. The summed E-state index contributed by atoms with van der Waals surface area (Å²) in [6.45, 7) is 3.14. The number of hydrogen-bond donors (Lipinski definition) is 1. The van der Waals surface area contributed by atoms with Crippen LogP contribution in [0.3, 0.4) is 0 Å². The summed E-state index contributed by atoms with van der Waals surface area (Å²) >= 11 is 6.00. The van der Waals surface area contributed by atoms with Crippen LogP contribution >= 0.6 is 11.6 Å². The second-order valence-electron chi connectivity index (χ2n) is 4.08. The molecule has 0 radical (unpaired) electrons. The van der Waals surface area contributed by atoms with Gasteiger partial charge in [-0.15, -0.1) is 0 Å². The maximum atomic E-state index is 6.00. The fourth-order valence-electron chi connectivity index (χ4n) is 1.72. The molecule has 0 spiro atoms. The van der Waals surface area contributed by atoms with E-state index in [0.29, 0.717) is 0 Å². The average molecular weight is 254 g/mol. The molecule has 0 saturated carbocycles. The van der Waals surface area contributed by atoms with E-state index in [1.165, 1.54) is 5.57 Å². The molecule has 0 bridgehead atoms. The molecule has 0 aliphatic carbocycles. The summed E-state index contributed by atoms with van der Waals surface area (Å²) in [5.41, 5.74) is 2.47. The minimum absolute atomic E-state index is 0.754. The smallest absolute Gasteiger partial charge is 0.122 e. The number of benzene rings is 1. The zero-order valence-corrected chi connectivity index (χ0v) is 11.5. The zero-order valence-electron chi connectivity index (χ0n) is 10.7. The van der Waals surface area contributed by atoms with Crippen molar-refractivity contribution in [3.8, 4) is 5.75 Å². The van der Waals surface area contributed by atoms with Gasteiger partial charge in [0.25, 0.3) is 0 Å². The Kier molecular flexibility index (Phi) is 6.09. The van der Waals surface area contributed by atoms with Gasteiger partial charge in [0.2, 0.25) is 0 Å². The van der Waals surface area contributed by atoms with Crippen molar-refractivity contribution in [1.82, 2.24) is 5.32 Å². The van der Waals surface area contributed by atoms with E-state index in [4.69, 9.17) is 16.3 Å². The Bertz CT molecular complexity index is 388. The lowest BCUT2D eigenvalue weighted by molar-refractivity contribution is 0.410. The van der Waals surface area contributed by atoms with Crippen molar-refractivity contribution in [2.75, 3.05) is 20.7 Å². The van der Waals surface area contributed by atoms with Gasteiger partial charge in [-0.3, -0.25) is 0 Å². The second-order valence-corrected chi connectivity index (χ2v) is 4.51. The van der Waals surface area contributed by atoms with Crippen molar-refractivity contribution >= 4 is 11.6 Å². The fourth-order valence-corrected chi connectivity index (χ4v) is 1.92. The number of rotatable bonds is 6. The molecule has 0 saturated heterocycles. The molecule has 0 heterocycles. The third-order valence-corrected chi connectivity index (χ3v) is 2.83. The van der Waals surface area contributed by atoms with Gasteiger partial charge in [0.15, 0.2) is 0 Å². The summed E-state index contributed by atoms with van der Waals surface area (Å²) in [4.78, 5) is 0. The van der Waals surface area contributed by atoms with Crippen molar-refractivity contribution in [3.63, 3.8) is 0 Å². The highest BCUT2D eigenvalue weighted by Crippen LogP contribution is 2.24. The predicted octanol–water partition coefficient (Wildman–Crippen LogP) is 3.45. The topological polar surface area (TPSA) is 21.3 Å². The van der Waals surface area contributed by atoms with E-state index in [9.17, 15) is 0 Å². The summed E-state index contributed by atoms with van der Waals surface area (Å²) in [6, 6.07) is 5.73. The van der Waals surface area contributed by atoms with E-state index in [1.807, 2.05) is 25.2 Å². The Morgan fingerprint density at radius 3 is 2.88 bits per heavy atom. The van der Waals surface area contributed by atoms with E-state index in [-0.39, 0.29) is 0 Å². The molecule has 0 amide bonds. The van der Waals surface area contributed by atoms with Gasteiger partial charge in [0, 0.05) is 5.02 Å². The first kappa shape index (κ1) is 14.1. The van der Waals surface area contributed by atoms with Crippen LogP contribution in [0.15, 0.2) is 29.8 Å². The van der Waals surface area contributed by atoms with Crippen molar-refractivity contribution in [2.45, 2.75) is 19.8 Å². The Balaban J connectivity index is 2.72. The molecule has 3 heteroatoms. The molecular weight excluding hydrogens is 234 g/mol. The molecule has 1 aromatic rings. The lowest BCUT2D eigenvalue weighted by Gasteiger charge is -2.09. The zero-order chi connectivity index (χ0) is 12.7. The Hall–Kier alpha value is -0.990. The molecule has 0 atom stereocenters. The van der Waals surface area contributed by atoms with Gasteiger partial charge in [0.1, 0.15) is 5.75 Å². The molecule has 1 aromatic carbocycles. The van der Waals surface area contributed by atoms with Crippen molar-refractivity contribution < 1.29 is 4.74 Å². The van der Waals surface area contributed by atoms with Crippen LogP contribution in [-0.4, -0.2) is 20.7 Å². The highest BCUT2D eigenvalue weighted by molar-refractivity contribution is 6.30. The number of methoxy groups -OCH3 is 1. The average Bonchev–Trinajstić information content (AvgIpc) is 2.29. The van der Waals surface area contributed by atoms with Crippen LogP contribution in [0.1, 0.15) is 18.9 Å². The number of halogens is 1. The fraction of sp³-hybridized carbons (Fsp3) is 0.429. The van der Waals surface area contributed by atoms with Crippen molar-refractivity contribution in [2.24, 2.45) is 0 Å². The minimum atomic E-state index is 0.754. The SMILES string of the molecule is CNCCC=C(C)Cc1cc(Cl)ccc1OC.